The third-order valence-corrected chi connectivity index (χ3v) is 8.47. The lowest BCUT2D eigenvalue weighted by Crippen LogP contribution is -2.37. The summed E-state index contributed by atoms with van der Waals surface area (Å²) in [7, 11) is 0. The zero-order valence-electron chi connectivity index (χ0n) is 22.4. The van der Waals surface area contributed by atoms with Crippen LogP contribution in [0.2, 0.25) is 0 Å². The quantitative estimate of drug-likeness (QED) is 0.409. The normalized spacial score (nSPS) is 25.9. The first kappa shape index (κ1) is 27.6. The number of aliphatic hydroxyl groups excluding tert-OH is 1. The maximum atomic E-state index is 13.4. The van der Waals surface area contributed by atoms with Crippen molar-refractivity contribution in [3.05, 3.63) is 22.6 Å². The molecule has 3 aromatic rings. The van der Waals surface area contributed by atoms with E-state index in [0.29, 0.717) is 24.7 Å². The number of ether oxygens (including phenoxy) is 3. The number of nitrogens with one attached hydrogen (secondary N) is 1. The molecular formula is C25H32F3N7O4S. The number of aliphatic hydroxyl groups is 1. The Bertz CT molecular complexity index is 1380. The molecule has 40 heavy (non-hydrogen) atoms. The van der Waals surface area contributed by atoms with E-state index in [1.165, 1.54) is 0 Å². The molecule has 2 aliphatic heterocycles. The fraction of sp³-hybridized carbons (Fsp3) is 0.680. The number of rotatable bonds is 8. The number of aryl methyl sites for hydroxylation is 1. The van der Waals surface area contributed by atoms with Crippen molar-refractivity contribution in [2.75, 3.05) is 30.0 Å². The van der Waals surface area contributed by atoms with Crippen molar-refractivity contribution in [2.24, 2.45) is 0 Å². The molecule has 218 valence electrons. The Morgan fingerprint density at radius 1 is 1.20 bits per heavy atom. The lowest BCUT2D eigenvalue weighted by molar-refractivity contribution is -0.167. The monoisotopic (exact) mass is 583 g/mol. The summed E-state index contributed by atoms with van der Waals surface area (Å²) < 4.78 is 59.5. The lowest BCUT2D eigenvalue weighted by Gasteiger charge is -2.30. The minimum Gasteiger partial charge on any atom is -0.394 e. The molecular weight excluding hydrogens is 551 g/mol. The van der Waals surface area contributed by atoms with Crippen LogP contribution in [0.25, 0.3) is 10.2 Å². The van der Waals surface area contributed by atoms with Crippen LogP contribution in [0.15, 0.2) is 6.07 Å². The van der Waals surface area contributed by atoms with Crippen molar-refractivity contribution >= 4 is 33.3 Å². The van der Waals surface area contributed by atoms with Gasteiger partial charge in [-0.2, -0.15) is 18.2 Å². The summed E-state index contributed by atoms with van der Waals surface area (Å²) in [6.07, 6.45) is -3.02. The molecule has 1 saturated heterocycles. The number of aromatic nitrogens is 5. The largest absolute Gasteiger partial charge is 0.451 e. The molecule has 0 bridgehead atoms. The summed E-state index contributed by atoms with van der Waals surface area (Å²) in [5.74, 6) is -0.483. The number of alkyl halides is 3. The Kier molecular flexibility index (Phi) is 7.14. The molecule has 1 aliphatic carbocycles. The second kappa shape index (κ2) is 10.4. The van der Waals surface area contributed by atoms with Crippen molar-refractivity contribution in [2.45, 2.75) is 89.4 Å². The van der Waals surface area contributed by atoms with E-state index in [4.69, 9.17) is 24.2 Å². The van der Waals surface area contributed by atoms with Gasteiger partial charge in [0.15, 0.2) is 11.6 Å². The molecule has 0 radical (unpaired) electrons. The maximum absolute atomic E-state index is 13.4. The first-order valence-corrected chi connectivity index (χ1v) is 14.3. The average molecular weight is 584 g/mol. The predicted octanol–water partition coefficient (Wildman–Crippen LogP) is 3.36. The zero-order valence-corrected chi connectivity index (χ0v) is 23.3. The Labute approximate surface area is 232 Å². The van der Waals surface area contributed by atoms with Gasteiger partial charge in [0.05, 0.1) is 37.3 Å². The minimum absolute atomic E-state index is 0.0912. The van der Waals surface area contributed by atoms with Crippen molar-refractivity contribution < 1.29 is 32.5 Å². The van der Waals surface area contributed by atoms with Gasteiger partial charge in [0.1, 0.15) is 22.9 Å². The molecule has 3 aromatic heterocycles. The Morgan fingerprint density at radius 3 is 2.75 bits per heavy atom. The van der Waals surface area contributed by atoms with E-state index in [9.17, 15) is 18.3 Å². The van der Waals surface area contributed by atoms with Crippen molar-refractivity contribution in [1.82, 2.24) is 24.7 Å². The van der Waals surface area contributed by atoms with Gasteiger partial charge in [-0.3, -0.25) is 0 Å². The smallest absolute Gasteiger partial charge is 0.394 e. The molecule has 3 aliphatic rings. The first-order valence-electron chi connectivity index (χ1n) is 13.5. The van der Waals surface area contributed by atoms with Crippen molar-refractivity contribution in [1.29, 1.82) is 0 Å². The van der Waals surface area contributed by atoms with Crippen molar-refractivity contribution in [3.63, 3.8) is 0 Å². The van der Waals surface area contributed by atoms with Gasteiger partial charge < -0.3 is 34.1 Å². The minimum atomic E-state index is -4.56. The summed E-state index contributed by atoms with van der Waals surface area (Å²) in [4.78, 5) is 13.6. The van der Waals surface area contributed by atoms with Crippen LogP contribution >= 0.6 is 11.3 Å². The second-order valence-corrected chi connectivity index (χ2v) is 11.9. The molecule has 2 N–H and O–H groups in total. The highest BCUT2D eigenvalue weighted by atomic mass is 32.1. The topological polar surface area (TPSA) is 120 Å². The van der Waals surface area contributed by atoms with Crippen LogP contribution in [0.4, 0.5) is 24.9 Å². The van der Waals surface area contributed by atoms with Crippen LogP contribution in [-0.4, -0.2) is 79.7 Å². The summed E-state index contributed by atoms with van der Waals surface area (Å²) >= 11 is 1.59. The second-order valence-electron chi connectivity index (χ2n) is 10.7. The van der Waals surface area contributed by atoms with E-state index >= 15 is 0 Å². The van der Waals surface area contributed by atoms with Gasteiger partial charge in [0.25, 0.3) is 0 Å². The van der Waals surface area contributed by atoms with Crippen LogP contribution in [0, 0.1) is 0 Å². The third-order valence-electron chi connectivity index (χ3n) is 7.38. The van der Waals surface area contributed by atoms with E-state index in [2.05, 4.69) is 28.5 Å². The molecule has 0 spiro atoms. The van der Waals surface area contributed by atoms with E-state index in [1.807, 2.05) is 18.7 Å². The highest BCUT2D eigenvalue weighted by Crippen LogP contribution is 2.41. The van der Waals surface area contributed by atoms with E-state index in [1.54, 1.807) is 11.3 Å². The third kappa shape index (κ3) is 5.13. The maximum Gasteiger partial charge on any atom is 0.451 e. The fourth-order valence-corrected chi connectivity index (χ4v) is 6.91. The zero-order chi connectivity index (χ0) is 28.2. The molecule has 11 nitrogen and oxygen atoms in total. The number of hydrogen-bond acceptors (Lipinski definition) is 11. The number of hydrogen-bond donors (Lipinski definition) is 2. The molecule has 5 heterocycles. The molecule has 0 aromatic carbocycles. The summed E-state index contributed by atoms with van der Waals surface area (Å²) in [5, 5.41) is 20.8. The van der Waals surface area contributed by atoms with E-state index in [-0.39, 0.29) is 56.5 Å². The first-order chi connectivity index (χ1) is 19.1. The molecule has 15 heteroatoms. The molecule has 2 fully saturated rings. The average Bonchev–Trinajstić information content (AvgIpc) is 3.64. The summed E-state index contributed by atoms with van der Waals surface area (Å²) in [5.41, 5.74) is 0. The highest BCUT2D eigenvalue weighted by Gasteiger charge is 2.55. The number of fused-ring (bicyclic) bond motifs is 3. The predicted molar refractivity (Wildman–Crippen MR) is 140 cm³/mol. The highest BCUT2D eigenvalue weighted by molar-refractivity contribution is 7.18. The number of halogens is 3. The fourth-order valence-electron chi connectivity index (χ4n) is 5.79. The summed E-state index contributed by atoms with van der Waals surface area (Å²) in [6.45, 7) is 6.47. The van der Waals surface area contributed by atoms with Crippen LogP contribution < -0.4 is 10.2 Å². The molecule has 1 saturated carbocycles. The van der Waals surface area contributed by atoms with Gasteiger partial charge in [-0.05, 0) is 32.8 Å². The number of nitrogens with zero attached hydrogens (tertiary/aromatic N) is 6. The van der Waals surface area contributed by atoms with E-state index < -0.39 is 17.8 Å². The van der Waals surface area contributed by atoms with Crippen LogP contribution in [0.1, 0.15) is 50.1 Å². The summed E-state index contributed by atoms with van der Waals surface area (Å²) in [6, 6.07) is 1.86. The van der Waals surface area contributed by atoms with Gasteiger partial charge in [0.2, 0.25) is 11.8 Å². The van der Waals surface area contributed by atoms with Crippen LogP contribution in [0.3, 0.4) is 0 Å². The molecule has 4 atom stereocenters. The van der Waals surface area contributed by atoms with Gasteiger partial charge in [-0.25, -0.2) is 4.98 Å². The molecule has 0 amide bonds. The molecule has 6 rings (SSSR count). The van der Waals surface area contributed by atoms with Crippen LogP contribution in [-0.2, 0) is 39.9 Å². The number of anilines is 2. The standard InChI is InChI=1S/C25H32F3N7O4S/c1-4-5-13-10-14-20(34-6-7-35-17(12-34)32-33-22(35)25(26,27)28)30-23(31-21(14)40-13)29-15-11-16(37-9-8-36)19-18(15)38-24(2,3)39-19/h10,15-16,18-19,36H,4-9,11-12H2,1-3H3,(H,29,30,31)/t15-,16+,18+,19-/m1/s1. The Balaban J connectivity index is 1.32. The number of thiophene rings is 1. The van der Waals surface area contributed by atoms with Gasteiger partial charge >= 0.3 is 6.18 Å². The van der Waals surface area contributed by atoms with Crippen molar-refractivity contribution in [3.8, 4) is 0 Å². The van der Waals surface area contributed by atoms with Gasteiger partial charge in [0, 0.05) is 18.0 Å². The lowest BCUT2D eigenvalue weighted by atomic mass is 10.2. The SMILES string of the molecule is CCCc1cc2c(N3CCn4c(nnc4C(F)(F)F)C3)nc(N[C@@H]3C[C@H](OCCO)[C@H]4OC(C)(C)O[C@H]43)nc2s1. The Morgan fingerprint density at radius 2 is 2.00 bits per heavy atom. The van der Waals surface area contributed by atoms with Crippen LogP contribution in [0.5, 0.6) is 0 Å². The Hall–Kier alpha value is -2.59. The van der Waals surface area contributed by atoms with E-state index in [0.717, 1.165) is 32.5 Å². The van der Waals surface area contributed by atoms with Gasteiger partial charge in [-0.15, -0.1) is 21.5 Å². The van der Waals surface area contributed by atoms with Gasteiger partial charge in [-0.1, -0.05) is 13.3 Å². The molecule has 0 unspecified atom stereocenters.